The second-order valence-electron chi connectivity index (χ2n) is 6.03. The van der Waals surface area contributed by atoms with Gasteiger partial charge in [0.25, 0.3) is 0 Å². The van der Waals surface area contributed by atoms with Crippen molar-refractivity contribution in [2.24, 2.45) is 5.41 Å². The van der Waals surface area contributed by atoms with Gasteiger partial charge in [-0.1, -0.05) is 11.6 Å². The van der Waals surface area contributed by atoms with Gasteiger partial charge in [-0.15, -0.1) is 11.3 Å². The molecule has 1 aliphatic heterocycles. The first-order valence-electron chi connectivity index (χ1n) is 7.87. The lowest BCUT2D eigenvalue weighted by atomic mass is 9.57. The molecule has 2 aliphatic rings. The van der Waals surface area contributed by atoms with Crippen molar-refractivity contribution in [3.05, 3.63) is 21.3 Å². The summed E-state index contributed by atoms with van der Waals surface area (Å²) in [6.07, 6.45) is 3.49. The second-order valence-corrected chi connectivity index (χ2v) is 7.83. The molecule has 3 rings (SSSR count). The lowest BCUT2D eigenvalue weighted by Gasteiger charge is -2.57. The van der Waals surface area contributed by atoms with Gasteiger partial charge in [0.2, 0.25) is 5.91 Å². The average Bonchev–Trinajstić information content (AvgIpc) is 2.92. The Hall–Kier alpha value is -0.620. The molecule has 4 nitrogen and oxygen atoms in total. The van der Waals surface area contributed by atoms with E-state index in [2.05, 4.69) is 5.32 Å². The molecule has 1 aromatic rings. The van der Waals surface area contributed by atoms with E-state index < -0.39 is 0 Å². The SMILES string of the molecule is CCO[C@H]1C[C@H](NC(=O)Cc2ccc(Cl)s2)C12CCOCC2. The Labute approximate surface area is 140 Å². The molecule has 122 valence electrons. The number of carbonyl (C=O) groups is 1. The highest BCUT2D eigenvalue weighted by atomic mass is 35.5. The maximum atomic E-state index is 12.3. The fourth-order valence-corrected chi connectivity index (χ4v) is 4.74. The highest BCUT2D eigenvalue weighted by Crippen LogP contribution is 2.50. The van der Waals surface area contributed by atoms with Gasteiger partial charge in [0.05, 0.1) is 16.9 Å². The van der Waals surface area contributed by atoms with Gasteiger partial charge >= 0.3 is 0 Å². The van der Waals surface area contributed by atoms with Gasteiger partial charge in [0.15, 0.2) is 0 Å². The van der Waals surface area contributed by atoms with E-state index in [-0.39, 0.29) is 23.5 Å². The van der Waals surface area contributed by atoms with Crippen molar-refractivity contribution in [3.8, 4) is 0 Å². The van der Waals surface area contributed by atoms with E-state index in [1.807, 2.05) is 19.1 Å². The quantitative estimate of drug-likeness (QED) is 0.894. The Balaban J connectivity index is 1.60. The van der Waals surface area contributed by atoms with Crippen LogP contribution in [0.15, 0.2) is 12.1 Å². The molecule has 1 saturated carbocycles. The summed E-state index contributed by atoms with van der Waals surface area (Å²) < 4.78 is 12.1. The van der Waals surface area contributed by atoms with Crippen molar-refractivity contribution in [1.82, 2.24) is 5.32 Å². The number of thiophene rings is 1. The summed E-state index contributed by atoms with van der Waals surface area (Å²) >= 11 is 7.38. The number of hydrogen-bond acceptors (Lipinski definition) is 4. The molecular weight excluding hydrogens is 322 g/mol. The summed E-state index contributed by atoms with van der Waals surface area (Å²) in [4.78, 5) is 13.3. The fourth-order valence-electron chi connectivity index (χ4n) is 3.66. The van der Waals surface area contributed by atoms with Gasteiger partial charge in [-0.2, -0.15) is 0 Å². The van der Waals surface area contributed by atoms with Gasteiger partial charge in [-0.25, -0.2) is 0 Å². The Morgan fingerprint density at radius 2 is 2.27 bits per heavy atom. The van der Waals surface area contributed by atoms with Crippen LogP contribution in [0.1, 0.15) is 31.1 Å². The second kappa shape index (κ2) is 6.87. The molecule has 0 bridgehead atoms. The monoisotopic (exact) mass is 343 g/mol. The number of hydrogen-bond donors (Lipinski definition) is 1. The predicted molar refractivity (Wildman–Crippen MR) is 87.5 cm³/mol. The predicted octanol–water partition coefficient (Wildman–Crippen LogP) is 3.03. The third-order valence-electron chi connectivity index (χ3n) is 4.88. The van der Waals surface area contributed by atoms with Crippen molar-refractivity contribution < 1.29 is 14.3 Å². The van der Waals surface area contributed by atoms with E-state index in [1.54, 1.807) is 0 Å². The third-order valence-corrected chi connectivity index (χ3v) is 6.11. The Kier molecular flexibility index (Phi) is 5.07. The molecule has 2 atom stereocenters. The molecule has 0 unspecified atom stereocenters. The fraction of sp³-hybridized carbons (Fsp3) is 0.688. The van der Waals surface area contributed by atoms with Gasteiger partial charge < -0.3 is 14.8 Å². The Bertz CT molecular complexity index is 527. The highest BCUT2D eigenvalue weighted by molar-refractivity contribution is 7.16. The zero-order chi connectivity index (χ0) is 15.6. The van der Waals surface area contributed by atoms with Crippen LogP contribution in [0.5, 0.6) is 0 Å². The topological polar surface area (TPSA) is 47.6 Å². The Morgan fingerprint density at radius 1 is 1.50 bits per heavy atom. The molecule has 1 spiro atoms. The standard InChI is InChI=1S/C16H22ClNO3S/c1-2-21-13-10-12(16(13)5-7-20-8-6-16)18-15(19)9-11-3-4-14(17)22-11/h3-4,12-13H,2,5-10H2,1H3,(H,18,19)/t12-,13-/m0/s1. The molecule has 6 heteroatoms. The molecule has 0 aromatic carbocycles. The first-order valence-corrected chi connectivity index (χ1v) is 9.06. The van der Waals surface area contributed by atoms with Crippen molar-refractivity contribution in [2.45, 2.75) is 44.8 Å². The first-order chi connectivity index (χ1) is 10.6. The lowest BCUT2D eigenvalue weighted by Crippen LogP contribution is -2.66. The van der Waals surface area contributed by atoms with Crippen LogP contribution in [0.3, 0.4) is 0 Å². The van der Waals surface area contributed by atoms with E-state index in [0.717, 1.165) is 48.3 Å². The molecule has 22 heavy (non-hydrogen) atoms. The largest absolute Gasteiger partial charge is 0.381 e. The molecule has 1 aliphatic carbocycles. The number of nitrogens with one attached hydrogen (secondary N) is 1. The highest BCUT2D eigenvalue weighted by Gasteiger charge is 2.56. The normalized spacial score (nSPS) is 26.6. The molecule has 1 saturated heterocycles. The summed E-state index contributed by atoms with van der Waals surface area (Å²) in [5, 5.41) is 3.21. The van der Waals surface area contributed by atoms with Crippen LogP contribution in [0, 0.1) is 5.41 Å². The van der Waals surface area contributed by atoms with Crippen LogP contribution in [0.2, 0.25) is 4.34 Å². The van der Waals surface area contributed by atoms with E-state index in [9.17, 15) is 4.79 Å². The molecule has 2 heterocycles. The number of halogens is 1. The minimum absolute atomic E-state index is 0.0665. The smallest absolute Gasteiger partial charge is 0.225 e. The molecular formula is C16H22ClNO3S. The van der Waals surface area contributed by atoms with Crippen molar-refractivity contribution >= 4 is 28.8 Å². The van der Waals surface area contributed by atoms with Crippen LogP contribution in [0.4, 0.5) is 0 Å². The van der Waals surface area contributed by atoms with Crippen molar-refractivity contribution in [3.63, 3.8) is 0 Å². The minimum atomic E-state index is 0.0665. The maximum absolute atomic E-state index is 12.3. The van der Waals surface area contributed by atoms with Crippen LogP contribution >= 0.6 is 22.9 Å². The van der Waals surface area contributed by atoms with E-state index in [1.165, 1.54) is 11.3 Å². The van der Waals surface area contributed by atoms with Crippen LogP contribution in [-0.2, 0) is 20.7 Å². The van der Waals surface area contributed by atoms with E-state index in [4.69, 9.17) is 21.1 Å². The number of carbonyl (C=O) groups excluding carboxylic acids is 1. The summed E-state index contributed by atoms with van der Waals surface area (Å²) in [6, 6.07) is 3.96. The third kappa shape index (κ3) is 3.18. The zero-order valence-electron chi connectivity index (χ0n) is 12.8. The number of ether oxygens (including phenoxy) is 2. The summed E-state index contributed by atoms with van der Waals surface area (Å²) in [5.74, 6) is 0.0735. The summed E-state index contributed by atoms with van der Waals surface area (Å²) in [5.41, 5.74) is 0.0665. The minimum Gasteiger partial charge on any atom is -0.381 e. The van der Waals surface area contributed by atoms with E-state index >= 15 is 0 Å². The molecule has 1 aromatic heterocycles. The summed E-state index contributed by atoms with van der Waals surface area (Å²) in [7, 11) is 0. The van der Waals surface area contributed by atoms with Gasteiger partial charge in [0.1, 0.15) is 0 Å². The van der Waals surface area contributed by atoms with Gasteiger partial charge in [-0.3, -0.25) is 4.79 Å². The molecule has 1 amide bonds. The number of amides is 1. The average molecular weight is 344 g/mol. The lowest BCUT2D eigenvalue weighted by molar-refractivity contribution is -0.175. The molecule has 1 N–H and O–H groups in total. The van der Waals surface area contributed by atoms with Crippen molar-refractivity contribution in [2.75, 3.05) is 19.8 Å². The van der Waals surface area contributed by atoms with Crippen molar-refractivity contribution in [1.29, 1.82) is 0 Å². The van der Waals surface area contributed by atoms with Crippen LogP contribution < -0.4 is 5.32 Å². The van der Waals surface area contributed by atoms with Gasteiger partial charge in [0, 0.05) is 36.2 Å². The van der Waals surface area contributed by atoms with E-state index in [0.29, 0.717) is 6.42 Å². The molecule has 2 fully saturated rings. The first kappa shape index (κ1) is 16.2. The molecule has 0 radical (unpaired) electrons. The maximum Gasteiger partial charge on any atom is 0.225 e. The zero-order valence-corrected chi connectivity index (χ0v) is 14.3. The van der Waals surface area contributed by atoms with Crippen LogP contribution in [-0.4, -0.2) is 37.9 Å². The Morgan fingerprint density at radius 3 is 2.91 bits per heavy atom. The summed E-state index contributed by atoms with van der Waals surface area (Å²) in [6.45, 7) is 4.27. The number of rotatable bonds is 5. The van der Waals surface area contributed by atoms with Crippen LogP contribution in [0.25, 0.3) is 0 Å². The van der Waals surface area contributed by atoms with Gasteiger partial charge in [-0.05, 0) is 38.3 Å².